The number of rotatable bonds is 11. The van der Waals surface area contributed by atoms with Crippen molar-refractivity contribution in [2.45, 2.75) is 17.0 Å². The Labute approximate surface area is 243 Å². The lowest BCUT2D eigenvalue weighted by Gasteiger charge is -2.12. The minimum Gasteiger partial charge on any atom is -0.321 e. The predicted octanol–water partition coefficient (Wildman–Crippen LogP) is 5.93. The number of nitrogens with zero attached hydrogens (tertiary/aromatic N) is 2. The average molecular weight is 594 g/mol. The van der Waals surface area contributed by atoms with Gasteiger partial charge in [-0.25, -0.2) is 4.39 Å². The maximum absolute atomic E-state index is 13.4. The molecule has 8 nitrogen and oxygen atoms in total. The molecule has 3 N–H and O–H groups in total. The number of benzene rings is 3. The summed E-state index contributed by atoms with van der Waals surface area (Å²) in [5.74, 6) is -0.688. The molecule has 3 aromatic carbocycles. The molecule has 0 bridgehead atoms. The second-order valence-electron chi connectivity index (χ2n) is 8.06. The smallest absolute Gasteiger partial charge is 0.272 e. The number of carbonyl (C=O) groups excluding carboxylic acids is 3. The number of hydrogen-bond donors (Lipinski definition) is 3. The molecule has 0 aliphatic heterocycles. The van der Waals surface area contributed by atoms with E-state index in [0.717, 1.165) is 22.2 Å². The lowest BCUT2D eigenvalue weighted by molar-refractivity contribution is -0.114. The molecule has 12 heteroatoms. The minimum atomic E-state index is -0.564. The van der Waals surface area contributed by atoms with Gasteiger partial charge in [-0.3, -0.25) is 19.7 Å². The summed E-state index contributed by atoms with van der Waals surface area (Å²) in [4.78, 5) is 43.4. The molecular formula is C28H24FN5O3S3. The van der Waals surface area contributed by atoms with Gasteiger partial charge in [0.1, 0.15) is 11.5 Å². The normalized spacial score (nSPS) is 11.1. The summed E-state index contributed by atoms with van der Waals surface area (Å²) < 4.78 is 17.6. The lowest BCUT2D eigenvalue weighted by Crippen LogP contribution is -2.30. The monoisotopic (exact) mass is 593 g/mol. The van der Waals surface area contributed by atoms with E-state index in [1.54, 1.807) is 48.5 Å². The van der Waals surface area contributed by atoms with E-state index < -0.39 is 17.6 Å². The number of thioether (sulfide) groups is 2. The van der Waals surface area contributed by atoms with Gasteiger partial charge in [0.25, 0.3) is 11.8 Å². The first-order valence-corrected chi connectivity index (χ1v) is 14.8. The van der Waals surface area contributed by atoms with Gasteiger partial charge in [0.15, 0.2) is 0 Å². The molecule has 0 unspecified atom stereocenters. The Kier molecular flexibility index (Phi) is 10.4. The first-order chi connectivity index (χ1) is 19.4. The molecule has 0 saturated carbocycles. The Balaban J connectivity index is 1.42. The molecule has 40 heavy (non-hydrogen) atoms. The van der Waals surface area contributed by atoms with Crippen LogP contribution in [0.3, 0.4) is 0 Å². The van der Waals surface area contributed by atoms with Gasteiger partial charge in [0.2, 0.25) is 16.2 Å². The van der Waals surface area contributed by atoms with Crippen molar-refractivity contribution >= 4 is 69.7 Å². The van der Waals surface area contributed by atoms with Gasteiger partial charge in [-0.05, 0) is 59.9 Å². The van der Waals surface area contributed by atoms with Crippen LogP contribution in [0, 0.1) is 5.82 Å². The Bertz CT molecular complexity index is 1510. The minimum absolute atomic E-state index is 0.0180. The standard InChI is InChI=1S/C28H24FN5O3S3/c1-2-38-28-33-27(40-34-28)32-24(35)17-39-22-10-6-9-21(16-22)30-26(37)23(15-18-11-13-20(29)14-12-18)31-25(36)19-7-4-3-5-8-19/h3-16H,2,17H2,1H3,(H,30,37)(H,31,36)(H,32,33,34,35)/b23-15-. The molecule has 0 aliphatic rings. The van der Waals surface area contributed by atoms with Crippen molar-refractivity contribution in [3.8, 4) is 0 Å². The molecule has 4 rings (SSSR count). The van der Waals surface area contributed by atoms with Gasteiger partial charge in [-0.15, -0.1) is 11.8 Å². The van der Waals surface area contributed by atoms with Gasteiger partial charge in [-0.2, -0.15) is 9.36 Å². The van der Waals surface area contributed by atoms with Crippen molar-refractivity contribution in [3.05, 3.63) is 102 Å². The van der Waals surface area contributed by atoms with E-state index in [9.17, 15) is 18.8 Å². The number of nitrogens with one attached hydrogen (secondary N) is 3. The molecule has 1 aromatic heterocycles. The van der Waals surface area contributed by atoms with Crippen molar-refractivity contribution in [1.29, 1.82) is 0 Å². The first kappa shape index (κ1) is 29.0. The van der Waals surface area contributed by atoms with Crippen molar-refractivity contribution < 1.29 is 18.8 Å². The maximum atomic E-state index is 13.4. The zero-order chi connectivity index (χ0) is 28.3. The van der Waals surface area contributed by atoms with E-state index in [0.29, 0.717) is 27.1 Å². The largest absolute Gasteiger partial charge is 0.321 e. The first-order valence-electron chi connectivity index (χ1n) is 12.0. The summed E-state index contributed by atoms with van der Waals surface area (Å²) in [7, 11) is 0. The fourth-order valence-electron chi connectivity index (χ4n) is 3.28. The van der Waals surface area contributed by atoms with E-state index in [1.807, 2.05) is 13.0 Å². The molecule has 4 aromatic rings. The fourth-order valence-corrected chi connectivity index (χ4v) is 5.32. The van der Waals surface area contributed by atoms with Crippen LogP contribution in [0.4, 0.5) is 15.2 Å². The third-order valence-corrected chi connectivity index (χ3v) is 7.57. The SMILES string of the molecule is CCSc1nsc(NC(=O)CSc2cccc(NC(=O)/C(=C/c3ccc(F)cc3)NC(=O)c3ccccc3)c2)n1. The highest BCUT2D eigenvalue weighted by Gasteiger charge is 2.16. The predicted molar refractivity (Wildman–Crippen MR) is 159 cm³/mol. The Morgan fingerprint density at radius 2 is 1.73 bits per heavy atom. The lowest BCUT2D eigenvalue weighted by atomic mass is 10.1. The Morgan fingerprint density at radius 3 is 2.48 bits per heavy atom. The van der Waals surface area contributed by atoms with Crippen LogP contribution in [-0.4, -0.2) is 38.6 Å². The second kappa shape index (κ2) is 14.4. The maximum Gasteiger partial charge on any atom is 0.272 e. The summed E-state index contributed by atoms with van der Waals surface area (Å²) >= 11 is 3.92. The Morgan fingerprint density at radius 1 is 0.950 bits per heavy atom. The summed E-state index contributed by atoms with van der Waals surface area (Å²) in [6, 6.07) is 21.0. The molecule has 204 valence electrons. The third-order valence-electron chi connectivity index (χ3n) is 5.10. The Hall–Kier alpha value is -4.00. The number of hydrogen-bond acceptors (Lipinski definition) is 8. The summed E-state index contributed by atoms with van der Waals surface area (Å²) in [5.41, 5.74) is 1.37. The number of aromatic nitrogens is 2. The fraction of sp³-hybridized carbons (Fsp3) is 0.107. The second-order valence-corrected chi connectivity index (χ2v) is 11.1. The van der Waals surface area contributed by atoms with Crippen LogP contribution >= 0.6 is 35.1 Å². The van der Waals surface area contributed by atoms with Crippen molar-refractivity contribution in [1.82, 2.24) is 14.7 Å². The molecule has 1 heterocycles. The number of carbonyl (C=O) groups is 3. The summed E-state index contributed by atoms with van der Waals surface area (Å²) in [5, 5.41) is 9.25. The molecule has 0 saturated heterocycles. The van der Waals surface area contributed by atoms with Crippen LogP contribution in [0.5, 0.6) is 0 Å². The molecule has 0 fully saturated rings. The average Bonchev–Trinajstić information content (AvgIpc) is 3.40. The highest BCUT2D eigenvalue weighted by molar-refractivity contribution is 8.00. The van der Waals surface area contributed by atoms with Gasteiger partial charge in [0.05, 0.1) is 5.75 Å². The van der Waals surface area contributed by atoms with Crippen LogP contribution in [0.25, 0.3) is 6.08 Å². The molecule has 0 atom stereocenters. The third kappa shape index (κ3) is 8.76. The van der Waals surface area contributed by atoms with Crippen molar-refractivity contribution in [3.63, 3.8) is 0 Å². The summed E-state index contributed by atoms with van der Waals surface area (Å²) in [6.07, 6.45) is 1.47. The van der Waals surface area contributed by atoms with E-state index in [4.69, 9.17) is 0 Å². The van der Waals surface area contributed by atoms with E-state index in [1.165, 1.54) is 53.9 Å². The molecular weight excluding hydrogens is 570 g/mol. The molecule has 0 radical (unpaired) electrons. The number of amides is 3. The zero-order valence-electron chi connectivity index (χ0n) is 21.2. The highest BCUT2D eigenvalue weighted by atomic mass is 32.2. The van der Waals surface area contributed by atoms with E-state index in [2.05, 4.69) is 25.3 Å². The van der Waals surface area contributed by atoms with E-state index in [-0.39, 0.29) is 17.4 Å². The summed E-state index contributed by atoms with van der Waals surface area (Å²) in [6.45, 7) is 2.00. The van der Waals surface area contributed by atoms with Crippen LogP contribution in [0.2, 0.25) is 0 Å². The van der Waals surface area contributed by atoms with Crippen LogP contribution in [-0.2, 0) is 9.59 Å². The van der Waals surface area contributed by atoms with Crippen molar-refractivity contribution in [2.75, 3.05) is 22.1 Å². The van der Waals surface area contributed by atoms with Crippen LogP contribution in [0.1, 0.15) is 22.8 Å². The number of halogens is 1. The van der Waals surface area contributed by atoms with Crippen LogP contribution < -0.4 is 16.0 Å². The van der Waals surface area contributed by atoms with Crippen molar-refractivity contribution in [2.24, 2.45) is 0 Å². The quantitative estimate of drug-likeness (QED) is 0.146. The topological polar surface area (TPSA) is 113 Å². The molecule has 0 spiro atoms. The highest BCUT2D eigenvalue weighted by Crippen LogP contribution is 2.24. The zero-order valence-corrected chi connectivity index (χ0v) is 23.7. The van der Waals surface area contributed by atoms with Gasteiger partial charge in [-0.1, -0.05) is 55.1 Å². The molecule has 3 amide bonds. The molecule has 0 aliphatic carbocycles. The number of anilines is 2. The van der Waals surface area contributed by atoms with E-state index >= 15 is 0 Å². The van der Waals surface area contributed by atoms with Gasteiger partial charge in [0, 0.05) is 27.7 Å². The van der Waals surface area contributed by atoms with Gasteiger partial charge >= 0.3 is 0 Å². The van der Waals surface area contributed by atoms with Crippen LogP contribution in [0.15, 0.2) is 94.6 Å². The van der Waals surface area contributed by atoms with Gasteiger partial charge < -0.3 is 10.6 Å².